The number of fused-ring (bicyclic) bond motifs is 1. The molecule has 1 N–H and O–H groups in total. The summed E-state index contributed by atoms with van der Waals surface area (Å²) in [5.74, 6) is -0.0657. The van der Waals surface area contributed by atoms with Gasteiger partial charge in [-0.05, 0) is 60.5 Å². The van der Waals surface area contributed by atoms with Crippen molar-refractivity contribution in [1.29, 1.82) is 0 Å². The molecular formula is C22H22N2O. The second kappa shape index (κ2) is 7.08. The van der Waals surface area contributed by atoms with Crippen LogP contribution in [-0.4, -0.2) is 23.9 Å². The maximum absolute atomic E-state index is 12.7. The van der Waals surface area contributed by atoms with Gasteiger partial charge in [-0.3, -0.25) is 9.69 Å². The van der Waals surface area contributed by atoms with Gasteiger partial charge in [0.25, 0.3) is 5.91 Å². The molecule has 1 saturated heterocycles. The Morgan fingerprint density at radius 2 is 1.60 bits per heavy atom. The Labute approximate surface area is 148 Å². The number of benzene rings is 3. The summed E-state index contributed by atoms with van der Waals surface area (Å²) in [4.78, 5) is 15.1. The summed E-state index contributed by atoms with van der Waals surface area (Å²) in [5, 5.41) is 5.08. The summed E-state index contributed by atoms with van der Waals surface area (Å²) in [6.45, 7) is 3.39. The van der Waals surface area contributed by atoms with E-state index in [4.69, 9.17) is 0 Å². The zero-order valence-electron chi connectivity index (χ0n) is 14.2. The van der Waals surface area contributed by atoms with Crippen molar-refractivity contribution in [3.05, 3.63) is 77.9 Å². The first-order chi connectivity index (χ1) is 12.3. The monoisotopic (exact) mass is 330 g/mol. The van der Waals surface area contributed by atoms with Gasteiger partial charge in [-0.25, -0.2) is 0 Å². The number of carbonyl (C=O) groups excluding carboxylic acids is 1. The van der Waals surface area contributed by atoms with E-state index in [1.165, 1.54) is 31.5 Å². The normalized spacial score (nSPS) is 14.7. The molecule has 0 unspecified atom stereocenters. The Bertz CT molecular complexity index is 875. The third-order valence-corrected chi connectivity index (χ3v) is 4.85. The fourth-order valence-corrected chi connectivity index (χ4v) is 3.51. The lowest BCUT2D eigenvalue weighted by Gasteiger charge is -2.15. The SMILES string of the molecule is O=C(Nc1ccc(CN2CCCC2)cc1)c1cccc2ccccc12. The predicted molar refractivity (Wildman–Crippen MR) is 103 cm³/mol. The van der Waals surface area contributed by atoms with E-state index in [2.05, 4.69) is 22.3 Å². The van der Waals surface area contributed by atoms with Crippen LogP contribution >= 0.6 is 0 Å². The zero-order chi connectivity index (χ0) is 17.1. The topological polar surface area (TPSA) is 32.3 Å². The molecule has 0 aliphatic carbocycles. The highest BCUT2D eigenvalue weighted by atomic mass is 16.1. The number of likely N-dealkylation sites (tertiary alicyclic amines) is 1. The van der Waals surface area contributed by atoms with Crippen molar-refractivity contribution < 1.29 is 4.79 Å². The van der Waals surface area contributed by atoms with E-state index >= 15 is 0 Å². The van der Waals surface area contributed by atoms with Crippen LogP contribution in [0.1, 0.15) is 28.8 Å². The van der Waals surface area contributed by atoms with Gasteiger partial charge >= 0.3 is 0 Å². The molecule has 0 atom stereocenters. The zero-order valence-corrected chi connectivity index (χ0v) is 14.2. The van der Waals surface area contributed by atoms with Crippen LogP contribution in [0.15, 0.2) is 66.7 Å². The van der Waals surface area contributed by atoms with E-state index in [-0.39, 0.29) is 5.91 Å². The maximum Gasteiger partial charge on any atom is 0.256 e. The molecule has 1 aliphatic rings. The van der Waals surface area contributed by atoms with Crippen molar-refractivity contribution in [3.63, 3.8) is 0 Å². The number of rotatable bonds is 4. The van der Waals surface area contributed by atoms with Gasteiger partial charge in [0.1, 0.15) is 0 Å². The van der Waals surface area contributed by atoms with Gasteiger partial charge in [0.15, 0.2) is 0 Å². The molecule has 3 aromatic rings. The third kappa shape index (κ3) is 3.57. The van der Waals surface area contributed by atoms with Gasteiger partial charge in [-0.1, -0.05) is 48.5 Å². The fraction of sp³-hybridized carbons (Fsp3) is 0.227. The van der Waals surface area contributed by atoms with Gasteiger partial charge in [-0.15, -0.1) is 0 Å². The molecule has 25 heavy (non-hydrogen) atoms. The van der Waals surface area contributed by atoms with Crippen LogP contribution in [-0.2, 0) is 6.54 Å². The first-order valence-corrected chi connectivity index (χ1v) is 8.90. The molecule has 126 valence electrons. The number of amides is 1. The Morgan fingerprint density at radius 3 is 2.40 bits per heavy atom. The summed E-state index contributed by atoms with van der Waals surface area (Å²) < 4.78 is 0. The first-order valence-electron chi connectivity index (χ1n) is 8.90. The second-order valence-corrected chi connectivity index (χ2v) is 6.66. The minimum Gasteiger partial charge on any atom is -0.322 e. The third-order valence-electron chi connectivity index (χ3n) is 4.85. The minimum absolute atomic E-state index is 0.0657. The van der Waals surface area contributed by atoms with Crippen LogP contribution in [0.4, 0.5) is 5.69 Å². The van der Waals surface area contributed by atoms with Crippen LogP contribution in [0.3, 0.4) is 0 Å². The fourth-order valence-electron chi connectivity index (χ4n) is 3.51. The van der Waals surface area contributed by atoms with Gasteiger partial charge in [0.05, 0.1) is 0 Å². The summed E-state index contributed by atoms with van der Waals surface area (Å²) in [6.07, 6.45) is 2.61. The number of anilines is 1. The molecule has 1 amide bonds. The molecule has 3 nitrogen and oxygen atoms in total. The van der Waals surface area contributed by atoms with Crippen LogP contribution in [0.5, 0.6) is 0 Å². The molecule has 0 aromatic heterocycles. The molecule has 1 aliphatic heterocycles. The quantitative estimate of drug-likeness (QED) is 0.753. The van der Waals surface area contributed by atoms with Gasteiger partial charge in [0, 0.05) is 17.8 Å². The van der Waals surface area contributed by atoms with Crippen molar-refractivity contribution in [2.24, 2.45) is 0 Å². The predicted octanol–water partition coefficient (Wildman–Crippen LogP) is 4.69. The van der Waals surface area contributed by atoms with Crippen LogP contribution in [0.2, 0.25) is 0 Å². The molecule has 3 heteroatoms. The summed E-state index contributed by atoms with van der Waals surface area (Å²) in [7, 11) is 0. The molecular weight excluding hydrogens is 308 g/mol. The average Bonchev–Trinajstić information content (AvgIpc) is 3.16. The molecule has 1 fully saturated rings. The number of hydrogen-bond donors (Lipinski definition) is 1. The highest BCUT2D eigenvalue weighted by Crippen LogP contribution is 2.20. The van der Waals surface area contributed by atoms with Crippen LogP contribution in [0.25, 0.3) is 10.8 Å². The summed E-state index contributed by atoms with van der Waals surface area (Å²) >= 11 is 0. The Morgan fingerprint density at radius 1 is 0.880 bits per heavy atom. The number of nitrogens with one attached hydrogen (secondary N) is 1. The Kier molecular flexibility index (Phi) is 4.49. The minimum atomic E-state index is -0.0657. The summed E-state index contributed by atoms with van der Waals surface area (Å²) in [5.41, 5.74) is 2.84. The number of carbonyl (C=O) groups is 1. The van der Waals surface area contributed by atoms with E-state index in [0.29, 0.717) is 5.56 Å². The van der Waals surface area contributed by atoms with E-state index in [0.717, 1.165) is 23.0 Å². The molecule has 0 radical (unpaired) electrons. The van der Waals surface area contributed by atoms with Crippen molar-refractivity contribution in [1.82, 2.24) is 4.90 Å². The molecule has 0 spiro atoms. The van der Waals surface area contributed by atoms with E-state index < -0.39 is 0 Å². The Balaban J connectivity index is 1.48. The van der Waals surface area contributed by atoms with Crippen molar-refractivity contribution in [2.75, 3.05) is 18.4 Å². The average molecular weight is 330 g/mol. The lowest BCUT2D eigenvalue weighted by molar-refractivity contribution is 0.102. The standard InChI is InChI=1S/C22H22N2O/c25-22(21-9-5-7-18-6-1-2-8-20(18)21)23-19-12-10-17(11-13-19)16-24-14-3-4-15-24/h1-2,5-13H,3-4,14-16H2,(H,23,25). The summed E-state index contributed by atoms with van der Waals surface area (Å²) in [6, 6.07) is 22.0. The highest BCUT2D eigenvalue weighted by Gasteiger charge is 2.12. The smallest absolute Gasteiger partial charge is 0.256 e. The van der Waals surface area contributed by atoms with Crippen molar-refractivity contribution in [2.45, 2.75) is 19.4 Å². The van der Waals surface area contributed by atoms with Crippen LogP contribution in [0, 0.1) is 0 Å². The Hall–Kier alpha value is -2.65. The lowest BCUT2D eigenvalue weighted by atomic mass is 10.0. The van der Waals surface area contributed by atoms with Gasteiger partial charge < -0.3 is 5.32 Å². The van der Waals surface area contributed by atoms with Crippen LogP contribution < -0.4 is 5.32 Å². The lowest BCUT2D eigenvalue weighted by Crippen LogP contribution is -2.18. The molecule has 3 aromatic carbocycles. The molecule has 4 rings (SSSR count). The van der Waals surface area contributed by atoms with E-state index in [1.807, 2.05) is 54.6 Å². The molecule has 0 saturated carbocycles. The van der Waals surface area contributed by atoms with E-state index in [1.54, 1.807) is 0 Å². The largest absolute Gasteiger partial charge is 0.322 e. The molecule has 1 heterocycles. The molecule has 0 bridgehead atoms. The van der Waals surface area contributed by atoms with E-state index in [9.17, 15) is 4.79 Å². The number of hydrogen-bond acceptors (Lipinski definition) is 2. The first kappa shape index (κ1) is 15.9. The van der Waals surface area contributed by atoms with Gasteiger partial charge in [-0.2, -0.15) is 0 Å². The number of nitrogens with zero attached hydrogens (tertiary/aromatic N) is 1. The van der Waals surface area contributed by atoms with Gasteiger partial charge in [0.2, 0.25) is 0 Å². The highest BCUT2D eigenvalue weighted by molar-refractivity contribution is 6.12. The van der Waals surface area contributed by atoms with Crippen molar-refractivity contribution in [3.8, 4) is 0 Å². The maximum atomic E-state index is 12.7. The second-order valence-electron chi connectivity index (χ2n) is 6.66. The van der Waals surface area contributed by atoms with Crippen molar-refractivity contribution >= 4 is 22.4 Å².